The van der Waals surface area contributed by atoms with Crippen molar-refractivity contribution in [2.24, 2.45) is 0 Å². The van der Waals surface area contributed by atoms with Crippen LogP contribution in [-0.4, -0.2) is 0 Å². The van der Waals surface area contributed by atoms with E-state index in [-0.39, 0.29) is 0 Å². The van der Waals surface area contributed by atoms with Gasteiger partial charge >= 0.3 is 5.69 Å². The third-order valence-electron chi connectivity index (χ3n) is 2.37. The lowest BCUT2D eigenvalue weighted by Crippen LogP contribution is -1.77. The van der Waals surface area contributed by atoms with E-state index in [2.05, 4.69) is 36.2 Å². The lowest BCUT2D eigenvalue weighted by Gasteiger charge is -2.00. The van der Waals surface area contributed by atoms with Crippen molar-refractivity contribution in [2.75, 3.05) is 0 Å². The normalized spacial score (nSPS) is 9.60. The minimum absolute atomic E-state index is 0.575. The van der Waals surface area contributed by atoms with Crippen LogP contribution in [0.15, 0.2) is 48.5 Å². The fraction of sp³-hybridized carbons (Fsp3) is 0.0769. The zero-order chi connectivity index (χ0) is 10.7. The molecule has 0 saturated carbocycles. The molecule has 2 nitrogen and oxygen atoms in total. The molecule has 0 aromatic heterocycles. The molecule has 0 bridgehead atoms. The minimum atomic E-state index is 0.575. The fourth-order valence-electron chi connectivity index (χ4n) is 1.47. The number of aryl methyl sites for hydroxylation is 1. The maximum absolute atomic E-state index is 8.56. The van der Waals surface area contributed by atoms with E-state index in [9.17, 15) is 0 Å². The van der Waals surface area contributed by atoms with Crippen molar-refractivity contribution < 1.29 is 0 Å². The van der Waals surface area contributed by atoms with Gasteiger partial charge in [0.05, 0.1) is 0 Å². The van der Waals surface area contributed by atoms with Gasteiger partial charge in [0.1, 0.15) is 0 Å². The van der Waals surface area contributed by atoms with Crippen LogP contribution < -0.4 is 0 Å². The average molecular weight is 195 g/mol. The summed E-state index contributed by atoms with van der Waals surface area (Å²) in [5.74, 6) is 0. The average Bonchev–Trinajstić information content (AvgIpc) is 2.30. The quantitative estimate of drug-likeness (QED) is 0.628. The van der Waals surface area contributed by atoms with Crippen molar-refractivity contribution in [1.29, 1.82) is 5.39 Å². The molecule has 0 unspecified atom stereocenters. The standard InChI is InChI=1S/C13H11N2/c1-10-2-4-11(5-3-10)12-6-8-13(15-14)9-7-12/h2-9H,1H3/q+1. The number of hydrogen-bond donors (Lipinski definition) is 0. The number of nitrogens with zero attached hydrogens (tertiary/aromatic N) is 2. The van der Waals surface area contributed by atoms with E-state index in [4.69, 9.17) is 5.39 Å². The van der Waals surface area contributed by atoms with Crippen LogP contribution in [0.2, 0.25) is 0 Å². The van der Waals surface area contributed by atoms with Gasteiger partial charge in [0.25, 0.3) is 0 Å². The topological polar surface area (TPSA) is 28.1 Å². The Morgan fingerprint density at radius 1 is 0.800 bits per heavy atom. The van der Waals surface area contributed by atoms with Crippen LogP contribution in [-0.2, 0) is 0 Å². The smallest absolute Gasteiger partial charge is 0.0587 e. The fourth-order valence-corrected chi connectivity index (χ4v) is 1.47. The van der Waals surface area contributed by atoms with Gasteiger partial charge in [-0.15, -0.1) is 0 Å². The summed E-state index contributed by atoms with van der Waals surface area (Å²) in [7, 11) is 0. The second-order valence-electron chi connectivity index (χ2n) is 3.51. The molecule has 0 N–H and O–H groups in total. The van der Waals surface area contributed by atoms with Gasteiger partial charge in [0.15, 0.2) is 4.98 Å². The van der Waals surface area contributed by atoms with Gasteiger partial charge in [-0.1, -0.05) is 29.8 Å². The molecule has 2 rings (SSSR count). The van der Waals surface area contributed by atoms with Crippen molar-refractivity contribution in [2.45, 2.75) is 6.92 Å². The highest BCUT2D eigenvalue weighted by Crippen LogP contribution is 2.22. The summed E-state index contributed by atoms with van der Waals surface area (Å²) >= 11 is 0. The van der Waals surface area contributed by atoms with Crippen molar-refractivity contribution in [3.8, 4) is 11.1 Å². The molecule has 2 aromatic carbocycles. The molecule has 72 valence electrons. The predicted molar refractivity (Wildman–Crippen MR) is 61.4 cm³/mol. The predicted octanol–water partition coefficient (Wildman–Crippen LogP) is 4.15. The highest BCUT2D eigenvalue weighted by atomic mass is 14.8. The third kappa shape index (κ3) is 2.03. The molecule has 2 heteroatoms. The lowest BCUT2D eigenvalue weighted by atomic mass is 10.0. The molecule has 0 heterocycles. The van der Waals surface area contributed by atoms with Gasteiger partial charge in [-0.2, -0.15) is 0 Å². The Balaban J connectivity index is 2.38. The number of rotatable bonds is 1. The summed E-state index contributed by atoms with van der Waals surface area (Å²) < 4.78 is 0. The number of diazo groups is 1. The Morgan fingerprint density at radius 3 is 1.73 bits per heavy atom. The van der Waals surface area contributed by atoms with Crippen LogP contribution in [0.25, 0.3) is 16.1 Å². The Morgan fingerprint density at radius 2 is 1.27 bits per heavy atom. The number of hydrogen-bond acceptors (Lipinski definition) is 1. The molecule has 0 amide bonds. The molecule has 0 saturated heterocycles. The molecule has 0 aliphatic carbocycles. The monoisotopic (exact) mass is 195 g/mol. The molecule has 0 aliphatic heterocycles. The second kappa shape index (κ2) is 3.93. The van der Waals surface area contributed by atoms with Crippen molar-refractivity contribution in [1.82, 2.24) is 0 Å². The Kier molecular flexibility index (Phi) is 2.47. The summed E-state index contributed by atoms with van der Waals surface area (Å²) in [5.41, 5.74) is 4.12. The van der Waals surface area contributed by atoms with Crippen LogP contribution in [0.5, 0.6) is 0 Å². The van der Waals surface area contributed by atoms with E-state index in [0.29, 0.717) is 5.69 Å². The van der Waals surface area contributed by atoms with Gasteiger partial charge in [-0.05, 0) is 30.2 Å². The molecule has 0 radical (unpaired) electrons. The van der Waals surface area contributed by atoms with Gasteiger partial charge in [-0.3, -0.25) is 0 Å². The van der Waals surface area contributed by atoms with Crippen molar-refractivity contribution >= 4 is 5.69 Å². The third-order valence-corrected chi connectivity index (χ3v) is 2.37. The zero-order valence-electron chi connectivity index (χ0n) is 8.51. The molecule has 0 fully saturated rings. The Hall–Kier alpha value is -2.14. The first-order chi connectivity index (χ1) is 7.29. The number of benzene rings is 2. The van der Waals surface area contributed by atoms with Gasteiger partial charge in [-0.25, -0.2) is 0 Å². The minimum Gasteiger partial charge on any atom is -0.0587 e. The van der Waals surface area contributed by atoms with E-state index >= 15 is 0 Å². The van der Waals surface area contributed by atoms with E-state index in [1.807, 2.05) is 12.1 Å². The summed E-state index contributed by atoms with van der Waals surface area (Å²) in [6.45, 7) is 2.07. The molecule has 0 spiro atoms. The van der Waals surface area contributed by atoms with Crippen molar-refractivity contribution in [3.63, 3.8) is 0 Å². The maximum atomic E-state index is 8.56. The van der Waals surface area contributed by atoms with Gasteiger partial charge in [0, 0.05) is 12.1 Å². The first kappa shape index (κ1) is 9.42. The maximum Gasteiger partial charge on any atom is 0.385 e. The van der Waals surface area contributed by atoms with Crippen LogP contribution in [0, 0.1) is 12.3 Å². The van der Waals surface area contributed by atoms with E-state index in [1.54, 1.807) is 12.1 Å². The highest BCUT2D eigenvalue weighted by molar-refractivity contribution is 5.66. The second-order valence-corrected chi connectivity index (χ2v) is 3.51. The van der Waals surface area contributed by atoms with Crippen LogP contribution >= 0.6 is 0 Å². The lowest BCUT2D eigenvalue weighted by molar-refractivity contribution is 1.45. The Bertz CT molecular complexity index is 490. The van der Waals surface area contributed by atoms with E-state index < -0.39 is 0 Å². The molecule has 2 aromatic rings. The van der Waals surface area contributed by atoms with Crippen LogP contribution in [0.1, 0.15) is 5.56 Å². The highest BCUT2D eigenvalue weighted by Gasteiger charge is 2.03. The SMILES string of the molecule is Cc1ccc(-c2ccc([N+]#N)cc2)cc1. The summed E-state index contributed by atoms with van der Waals surface area (Å²) in [5, 5.41) is 8.56. The molecular weight excluding hydrogens is 184 g/mol. The molecule has 0 aliphatic rings. The van der Waals surface area contributed by atoms with Gasteiger partial charge in [0.2, 0.25) is 5.39 Å². The largest absolute Gasteiger partial charge is 0.385 e. The molecule has 0 atom stereocenters. The van der Waals surface area contributed by atoms with Crippen molar-refractivity contribution in [3.05, 3.63) is 59.1 Å². The van der Waals surface area contributed by atoms with Gasteiger partial charge < -0.3 is 0 Å². The van der Waals surface area contributed by atoms with Crippen LogP contribution in [0.3, 0.4) is 0 Å². The van der Waals surface area contributed by atoms with E-state index in [0.717, 1.165) is 5.56 Å². The summed E-state index contributed by atoms with van der Waals surface area (Å²) in [6, 6.07) is 15.8. The first-order valence-corrected chi connectivity index (χ1v) is 4.82. The Labute approximate surface area is 88.8 Å². The first-order valence-electron chi connectivity index (χ1n) is 4.82. The zero-order valence-corrected chi connectivity index (χ0v) is 8.51. The van der Waals surface area contributed by atoms with Crippen LogP contribution in [0.4, 0.5) is 5.69 Å². The molecule has 15 heavy (non-hydrogen) atoms. The van der Waals surface area contributed by atoms with E-state index in [1.165, 1.54) is 11.1 Å². The summed E-state index contributed by atoms with van der Waals surface area (Å²) in [6.07, 6.45) is 0. The summed E-state index contributed by atoms with van der Waals surface area (Å²) in [4.78, 5) is 3.12. The molecular formula is C13H11N2+.